The highest BCUT2D eigenvalue weighted by atomic mass is 35.5. The fraction of sp³-hybridized carbons (Fsp3) is 0.300. The molecule has 1 aromatic rings. The van der Waals surface area contributed by atoms with Gasteiger partial charge >= 0.3 is 0 Å². The standard InChI is InChI=1S/C10H10Cl2O2/c1-6-3-7(11)4-9(14-2)8(6)5-10(12)13/h3-4H,5H2,1-2H3. The third-order valence-corrected chi connectivity index (χ3v) is 2.28. The van der Waals surface area contributed by atoms with Gasteiger partial charge in [-0.15, -0.1) is 0 Å². The van der Waals surface area contributed by atoms with E-state index in [-0.39, 0.29) is 6.42 Å². The molecule has 0 atom stereocenters. The van der Waals surface area contributed by atoms with Gasteiger partial charge in [0.15, 0.2) is 0 Å². The van der Waals surface area contributed by atoms with Crippen LogP contribution in [0.25, 0.3) is 0 Å². The summed E-state index contributed by atoms with van der Waals surface area (Å²) in [5.74, 6) is 0.601. The van der Waals surface area contributed by atoms with Gasteiger partial charge in [0, 0.05) is 10.6 Å². The van der Waals surface area contributed by atoms with Gasteiger partial charge in [-0.3, -0.25) is 4.79 Å². The smallest absolute Gasteiger partial charge is 0.226 e. The number of methoxy groups -OCH3 is 1. The predicted octanol–water partition coefficient (Wildman–Crippen LogP) is 2.96. The molecule has 0 amide bonds. The van der Waals surface area contributed by atoms with E-state index < -0.39 is 5.24 Å². The number of halogens is 2. The zero-order chi connectivity index (χ0) is 10.7. The monoisotopic (exact) mass is 232 g/mol. The van der Waals surface area contributed by atoms with E-state index in [1.807, 2.05) is 6.92 Å². The zero-order valence-corrected chi connectivity index (χ0v) is 9.45. The summed E-state index contributed by atoms with van der Waals surface area (Å²) in [6, 6.07) is 3.45. The van der Waals surface area contributed by atoms with E-state index >= 15 is 0 Å². The van der Waals surface area contributed by atoms with Crippen LogP contribution in [0.1, 0.15) is 11.1 Å². The van der Waals surface area contributed by atoms with Crippen LogP contribution in [0.2, 0.25) is 5.02 Å². The average molecular weight is 233 g/mol. The molecule has 0 N–H and O–H groups in total. The number of hydrogen-bond donors (Lipinski definition) is 0. The van der Waals surface area contributed by atoms with Crippen molar-refractivity contribution < 1.29 is 9.53 Å². The van der Waals surface area contributed by atoms with E-state index in [9.17, 15) is 4.79 Å². The Balaban J connectivity index is 3.18. The first-order chi connectivity index (χ1) is 6.54. The molecular weight excluding hydrogens is 223 g/mol. The Kier molecular flexibility index (Phi) is 3.78. The maximum Gasteiger partial charge on any atom is 0.226 e. The Morgan fingerprint density at radius 3 is 2.64 bits per heavy atom. The first-order valence-corrected chi connectivity index (χ1v) is 4.81. The highest BCUT2D eigenvalue weighted by Gasteiger charge is 2.10. The molecule has 0 aliphatic rings. The molecule has 0 bridgehead atoms. The molecular formula is C10H10Cl2O2. The number of hydrogen-bond acceptors (Lipinski definition) is 2. The zero-order valence-electron chi connectivity index (χ0n) is 7.93. The van der Waals surface area contributed by atoms with E-state index in [1.54, 1.807) is 12.1 Å². The van der Waals surface area contributed by atoms with Crippen LogP contribution in [-0.2, 0) is 11.2 Å². The van der Waals surface area contributed by atoms with Crippen molar-refractivity contribution >= 4 is 28.4 Å². The lowest BCUT2D eigenvalue weighted by Crippen LogP contribution is -2.00. The lowest BCUT2D eigenvalue weighted by molar-refractivity contribution is -0.111. The summed E-state index contributed by atoms with van der Waals surface area (Å²) >= 11 is 11.2. The molecule has 0 fully saturated rings. The number of carbonyl (C=O) groups excluding carboxylic acids is 1. The highest BCUT2D eigenvalue weighted by molar-refractivity contribution is 6.63. The summed E-state index contributed by atoms with van der Waals surface area (Å²) in [7, 11) is 1.54. The number of rotatable bonds is 3. The minimum Gasteiger partial charge on any atom is -0.496 e. The predicted molar refractivity (Wildman–Crippen MR) is 57.3 cm³/mol. The number of ether oxygens (including phenoxy) is 1. The molecule has 76 valence electrons. The first kappa shape index (κ1) is 11.3. The van der Waals surface area contributed by atoms with Crippen molar-refractivity contribution in [3.63, 3.8) is 0 Å². The van der Waals surface area contributed by atoms with Gasteiger partial charge in [0.2, 0.25) is 5.24 Å². The minimum atomic E-state index is -0.409. The van der Waals surface area contributed by atoms with Crippen molar-refractivity contribution in [2.24, 2.45) is 0 Å². The molecule has 0 aromatic heterocycles. The van der Waals surface area contributed by atoms with Crippen molar-refractivity contribution in [3.05, 3.63) is 28.3 Å². The maximum absolute atomic E-state index is 10.8. The second-order valence-electron chi connectivity index (χ2n) is 2.94. The van der Waals surface area contributed by atoms with E-state index in [0.29, 0.717) is 10.8 Å². The summed E-state index contributed by atoms with van der Waals surface area (Å²) < 4.78 is 5.11. The van der Waals surface area contributed by atoms with Gasteiger partial charge in [0.05, 0.1) is 13.5 Å². The van der Waals surface area contributed by atoms with Crippen LogP contribution in [0.15, 0.2) is 12.1 Å². The molecule has 0 unspecified atom stereocenters. The van der Waals surface area contributed by atoms with Crippen molar-refractivity contribution in [2.45, 2.75) is 13.3 Å². The molecule has 0 aliphatic heterocycles. The molecule has 1 aromatic carbocycles. The summed E-state index contributed by atoms with van der Waals surface area (Å²) in [5.41, 5.74) is 1.69. The van der Waals surface area contributed by atoms with Crippen LogP contribution >= 0.6 is 23.2 Å². The Morgan fingerprint density at radius 2 is 2.14 bits per heavy atom. The SMILES string of the molecule is COc1cc(Cl)cc(C)c1CC(=O)Cl. The van der Waals surface area contributed by atoms with Crippen molar-refractivity contribution in [2.75, 3.05) is 7.11 Å². The van der Waals surface area contributed by atoms with Crippen LogP contribution in [0, 0.1) is 6.92 Å². The Labute approximate surface area is 92.8 Å². The van der Waals surface area contributed by atoms with Gasteiger partial charge in [0.1, 0.15) is 5.75 Å². The molecule has 14 heavy (non-hydrogen) atoms. The third-order valence-electron chi connectivity index (χ3n) is 1.93. The average Bonchev–Trinajstić information content (AvgIpc) is 2.08. The molecule has 1 rings (SSSR count). The van der Waals surface area contributed by atoms with Gasteiger partial charge in [-0.05, 0) is 36.2 Å². The van der Waals surface area contributed by atoms with Crippen LogP contribution in [0.5, 0.6) is 5.75 Å². The molecule has 0 heterocycles. The van der Waals surface area contributed by atoms with Crippen LogP contribution in [0.4, 0.5) is 0 Å². The Hall–Kier alpha value is -0.730. The fourth-order valence-corrected chi connectivity index (χ4v) is 1.69. The second-order valence-corrected chi connectivity index (χ2v) is 3.79. The Bertz CT molecular complexity index is 361. The van der Waals surface area contributed by atoms with Crippen molar-refractivity contribution in [1.29, 1.82) is 0 Å². The Morgan fingerprint density at radius 1 is 1.50 bits per heavy atom. The maximum atomic E-state index is 10.8. The topological polar surface area (TPSA) is 26.3 Å². The number of aryl methyl sites for hydroxylation is 1. The molecule has 0 saturated carbocycles. The van der Waals surface area contributed by atoms with Gasteiger partial charge in [-0.2, -0.15) is 0 Å². The van der Waals surface area contributed by atoms with E-state index in [1.165, 1.54) is 7.11 Å². The van der Waals surface area contributed by atoms with Crippen LogP contribution in [-0.4, -0.2) is 12.4 Å². The normalized spacial score (nSPS) is 10.0. The summed E-state index contributed by atoms with van der Waals surface area (Å²) in [5, 5.41) is 0.179. The summed E-state index contributed by atoms with van der Waals surface area (Å²) in [4.78, 5) is 10.8. The lowest BCUT2D eigenvalue weighted by atomic mass is 10.1. The largest absolute Gasteiger partial charge is 0.496 e. The summed E-state index contributed by atoms with van der Waals surface area (Å²) in [6.07, 6.45) is 0.160. The van der Waals surface area contributed by atoms with E-state index in [4.69, 9.17) is 27.9 Å². The van der Waals surface area contributed by atoms with Crippen molar-refractivity contribution in [1.82, 2.24) is 0 Å². The van der Waals surface area contributed by atoms with E-state index in [2.05, 4.69) is 0 Å². The fourth-order valence-electron chi connectivity index (χ4n) is 1.29. The molecule has 0 aliphatic carbocycles. The highest BCUT2D eigenvalue weighted by Crippen LogP contribution is 2.27. The molecule has 4 heteroatoms. The van der Waals surface area contributed by atoms with E-state index in [0.717, 1.165) is 11.1 Å². The first-order valence-electron chi connectivity index (χ1n) is 4.06. The van der Waals surface area contributed by atoms with Gasteiger partial charge < -0.3 is 4.74 Å². The van der Waals surface area contributed by atoms with Crippen LogP contribution in [0.3, 0.4) is 0 Å². The summed E-state index contributed by atoms with van der Waals surface area (Å²) in [6.45, 7) is 1.86. The van der Waals surface area contributed by atoms with Crippen LogP contribution < -0.4 is 4.74 Å². The van der Waals surface area contributed by atoms with Gasteiger partial charge in [-0.25, -0.2) is 0 Å². The van der Waals surface area contributed by atoms with Gasteiger partial charge in [-0.1, -0.05) is 11.6 Å². The quantitative estimate of drug-likeness (QED) is 0.750. The second kappa shape index (κ2) is 4.67. The van der Waals surface area contributed by atoms with Gasteiger partial charge in [0.25, 0.3) is 0 Å². The molecule has 0 radical (unpaired) electrons. The minimum absolute atomic E-state index is 0.160. The number of carbonyl (C=O) groups is 1. The molecule has 0 saturated heterocycles. The molecule has 2 nitrogen and oxygen atoms in total. The van der Waals surface area contributed by atoms with Crippen molar-refractivity contribution in [3.8, 4) is 5.75 Å². The molecule has 0 spiro atoms. The number of benzene rings is 1. The lowest BCUT2D eigenvalue weighted by Gasteiger charge is -2.10. The third kappa shape index (κ3) is 2.63.